The second-order valence-electron chi connectivity index (χ2n) is 6.54. The van der Waals surface area contributed by atoms with E-state index >= 15 is 0 Å². The Morgan fingerprint density at radius 2 is 2.19 bits per heavy atom. The van der Waals surface area contributed by atoms with Gasteiger partial charge < -0.3 is 15.1 Å². The third-order valence-electron chi connectivity index (χ3n) is 4.33. The molecule has 1 unspecified atom stereocenters. The fourth-order valence-corrected chi connectivity index (χ4v) is 3.22. The van der Waals surface area contributed by atoms with Gasteiger partial charge in [0.1, 0.15) is 5.82 Å². The molecule has 3 rings (SSSR count). The number of nitrogens with zero attached hydrogens (tertiary/aromatic N) is 3. The first-order valence-electron chi connectivity index (χ1n) is 7.92. The van der Waals surface area contributed by atoms with Crippen LogP contribution in [0.4, 0.5) is 5.82 Å². The normalized spacial score (nSPS) is 22.3. The van der Waals surface area contributed by atoms with Crippen LogP contribution in [-0.4, -0.2) is 49.2 Å². The van der Waals surface area contributed by atoms with E-state index in [2.05, 4.69) is 40.3 Å². The molecule has 116 valence electrons. The predicted octanol–water partition coefficient (Wildman–Crippen LogP) is 2.52. The largest absolute Gasteiger partial charge is 0.352 e. The van der Waals surface area contributed by atoms with Crippen LogP contribution >= 0.6 is 11.6 Å². The topological polar surface area (TPSA) is 31.4 Å². The molecule has 0 bridgehead atoms. The first-order chi connectivity index (χ1) is 10.1. The number of aromatic nitrogens is 1. The van der Waals surface area contributed by atoms with E-state index in [9.17, 15) is 0 Å². The van der Waals surface area contributed by atoms with Crippen molar-refractivity contribution in [2.75, 3.05) is 32.1 Å². The summed E-state index contributed by atoms with van der Waals surface area (Å²) in [5, 5.41) is 4.31. The van der Waals surface area contributed by atoms with Crippen LogP contribution in [0.2, 0.25) is 5.02 Å². The molecule has 5 heteroatoms. The highest BCUT2D eigenvalue weighted by Gasteiger charge is 2.26. The van der Waals surface area contributed by atoms with Crippen molar-refractivity contribution in [2.24, 2.45) is 0 Å². The smallest absolute Gasteiger partial charge is 0.129 e. The molecule has 2 heterocycles. The zero-order valence-corrected chi connectivity index (χ0v) is 13.7. The maximum Gasteiger partial charge on any atom is 0.129 e. The first kappa shape index (κ1) is 15.1. The molecule has 4 nitrogen and oxygen atoms in total. The lowest BCUT2D eigenvalue weighted by Crippen LogP contribution is -2.38. The third kappa shape index (κ3) is 3.87. The van der Waals surface area contributed by atoms with Gasteiger partial charge in [0.05, 0.1) is 5.02 Å². The van der Waals surface area contributed by atoms with Crippen LogP contribution in [0.15, 0.2) is 12.3 Å². The van der Waals surface area contributed by atoms with Crippen LogP contribution in [0.5, 0.6) is 0 Å². The Labute approximate surface area is 132 Å². The van der Waals surface area contributed by atoms with Crippen molar-refractivity contribution in [1.29, 1.82) is 0 Å². The summed E-state index contributed by atoms with van der Waals surface area (Å²) in [6.45, 7) is 3.04. The highest BCUT2D eigenvalue weighted by atomic mass is 35.5. The van der Waals surface area contributed by atoms with Gasteiger partial charge in [-0.3, -0.25) is 0 Å². The van der Waals surface area contributed by atoms with Crippen molar-refractivity contribution in [1.82, 2.24) is 15.2 Å². The summed E-state index contributed by atoms with van der Waals surface area (Å²) in [6.07, 6.45) is 6.90. The van der Waals surface area contributed by atoms with Crippen molar-refractivity contribution < 1.29 is 0 Å². The third-order valence-corrected chi connectivity index (χ3v) is 4.67. The van der Waals surface area contributed by atoms with Gasteiger partial charge in [0.25, 0.3) is 0 Å². The van der Waals surface area contributed by atoms with E-state index in [1.165, 1.54) is 31.2 Å². The van der Waals surface area contributed by atoms with Gasteiger partial charge in [0.15, 0.2) is 0 Å². The molecule has 1 aromatic heterocycles. The molecule has 1 aliphatic heterocycles. The molecular formula is C16H25ClN4. The second-order valence-corrected chi connectivity index (χ2v) is 6.95. The van der Waals surface area contributed by atoms with Gasteiger partial charge in [-0.15, -0.1) is 0 Å². The summed E-state index contributed by atoms with van der Waals surface area (Å²) >= 11 is 6.30. The summed E-state index contributed by atoms with van der Waals surface area (Å²) in [6, 6.07) is 3.44. The minimum absolute atomic E-state index is 0.568. The van der Waals surface area contributed by atoms with E-state index < -0.39 is 0 Å². The summed E-state index contributed by atoms with van der Waals surface area (Å²) in [4.78, 5) is 9.27. The predicted molar refractivity (Wildman–Crippen MR) is 88.0 cm³/mol. The van der Waals surface area contributed by atoms with Gasteiger partial charge in [0, 0.05) is 37.9 Å². The highest BCUT2D eigenvalue weighted by molar-refractivity contribution is 6.31. The lowest BCUT2D eigenvalue weighted by atomic mass is 10.2. The van der Waals surface area contributed by atoms with Crippen LogP contribution in [0.1, 0.15) is 31.2 Å². The van der Waals surface area contributed by atoms with Crippen LogP contribution in [0.25, 0.3) is 0 Å². The van der Waals surface area contributed by atoms with Gasteiger partial charge in [-0.1, -0.05) is 11.6 Å². The Morgan fingerprint density at radius 1 is 1.38 bits per heavy atom. The standard InChI is InChI=1S/C16H25ClN4/c1-20(2)11-14-4-3-7-21(14)16-8-12(15(17)10-19-16)9-18-13-5-6-13/h8,10,13-14,18H,3-7,9,11H2,1-2H3. The van der Waals surface area contributed by atoms with E-state index in [0.29, 0.717) is 12.1 Å². The average molecular weight is 309 g/mol. The quantitative estimate of drug-likeness (QED) is 0.875. The number of nitrogens with one attached hydrogen (secondary N) is 1. The van der Waals surface area contributed by atoms with Gasteiger partial charge >= 0.3 is 0 Å². The Kier molecular flexibility index (Phi) is 4.67. The van der Waals surface area contributed by atoms with Crippen LogP contribution in [0, 0.1) is 0 Å². The molecule has 1 N–H and O–H groups in total. The Bertz CT molecular complexity index is 487. The second kappa shape index (κ2) is 6.51. The molecule has 1 aliphatic carbocycles. The first-order valence-corrected chi connectivity index (χ1v) is 8.30. The lowest BCUT2D eigenvalue weighted by Gasteiger charge is -2.28. The number of halogens is 1. The molecule has 0 aromatic carbocycles. The van der Waals surface area contributed by atoms with Gasteiger partial charge in [-0.05, 0) is 51.4 Å². The fourth-order valence-electron chi connectivity index (χ4n) is 3.05. The Balaban J connectivity index is 1.72. The summed E-state index contributed by atoms with van der Waals surface area (Å²) in [7, 11) is 4.27. The van der Waals surface area contributed by atoms with Crippen LogP contribution in [0.3, 0.4) is 0 Å². The molecule has 21 heavy (non-hydrogen) atoms. The van der Waals surface area contributed by atoms with E-state index in [-0.39, 0.29) is 0 Å². The SMILES string of the molecule is CN(C)CC1CCCN1c1cc(CNC2CC2)c(Cl)cn1. The molecule has 1 aromatic rings. The van der Waals surface area contributed by atoms with Crippen LogP contribution in [-0.2, 0) is 6.54 Å². The van der Waals surface area contributed by atoms with Crippen molar-refractivity contribution in [2.45, 2.75) is 44.3 Å². The minimum atomic E-state index is 0.568. The van der Waals surface area contributed by atoms with Gasteiger partial charge in [-0.2, -0.15) is 0 Å². The Hall–Kier alpha value is -0.840. The lowest BCUT2D eigenvalue weighted by molar-refractivity contribution is 0.371. The summed E-state index contributed by atoms with van der Waals surface area (Å²) in [5.74, 6) is 1.08. The van der Waals surface area contributed by atoms with Crippen molar-refractivity contribution in [3.8, 4) is 0 Å². The minimum Gasteiger partial charge on any atom is -0.352 e. The highest BCUT2D eigenvalue weighted by Crippen LogP contribution is 2.28. The number of hydrogen-bond acceptors (Lipinski definition) is 4. The summed E-state index contributed by atoms with van der Waals surface area (Å²) in [5.41, 5.74) is 1.17. The van der Waals surface area contributed by atoms with E-state index in [1.54, 1.807) is 0 Å². The maximum absolute atomic E-state index is 6.30. The zero-order chi connectivity index (χ0) is 14.8. The maximum atomic E-state index is 6.30. The molecule has 2 fully saturated rings. The van der Waals surface area contributed by atoms with Crippen LogP contribution < -0.4 is 10.2 Å². The zero-order valence-electron chi connectivity index (χ0n) is 13.0. The molecule has 1 saturated carbocycles. The fraction of sp³-hybridized carbons (Fsp3) is 0.688. The Morgan fingerprint density at radius 3 is 2.90 bits per heavy atom. The van der Waals surface area contributed by atoms with Crippen molar-refractivity contribution in [3.63, 3.8) is 0 Å². The number of likely N-dealkylation sites (N-methyl/N-ethyl adjacent to an activating group) is 1. The number of pyridine rings is 1. The monoisotopic (exact) mass is 308 g/mol. The van der Waals surface area contributed by atoms with E-state index in [0.717, 1.165) is 30.5 Å². The van der Waals surface area contributed by atoms with Crippen molar-refractivity contribution >= 4 is 17.4 Å². The van der Waals surface area contributed by atoms with Gasteiger partial charge in [0.2, 0.25) is 0 Å². The van der Waals surface area contributed by atoms with E-state index in [1.807, 2.05) is 6.20 Å². The van der Waals surface area contributed by atoms with Gasteiger partial charge in [-0.25, -0.2) is 4.98 Å². The molecule has 0 radical (unpaired) electrons. The number of anilines is 1. The number of rotatable bonds is 6. The molecule has 0 spiro atoms. The van der Waals surface area contributed by atoms with Crippen molar-refractivity contribution in [3.05, 3.63) is 22.8 Å². The molecule has 1 saturated heterocycles. The molecular weight excluding hydrogens is 284 g/mol. The molecule has 0 amide bonds. The summed E-state index contributed by atoms with van der Waals surface area (Å²) < 4.78 is 0. The number of hydrogen-bond donors (Lipinski definition) is 1. The van der Waals surface area contributed by atoms with E-state index in [4.69, 9.17) is 11.6 Å². The molecule has 1 atom stereocenters. The average Bonchev–Trinajstić information content (AvgIpc) is 3.17. The molecule has 2 aliphatic rings.